The van der Waals surface area contributed by atoms with Crippen LogP contribution in [0.25, 0.3) is 0 Å². The van der Waals surface area contributed by atoms with Gasteiger partial charge in [0, 0.05) is 23.7 Å². The third-order valence-electron chi connectivity index (χ3n) is 5.72. The van der Waals surface area contributed by atoms with E-state index in [1.807, 2.05) is 0 Å². The molecule has 0 aromatic heterocycles. The summed E-state index contributed by atoms with van der Waals surface area (Å²) in [6.07, 6.45) is 1.22. The van der Waals surface area contributed by atoms with Crippen molar-refractivity contribution in [2.75, 3.05) is 13.1 Å². The van der Waals surface area contributed by atoms with Crippen LogP contribution in [0.1, 0.15) is 52.0 Å². The number of carbonyl (C=O) groups is 3. The van der Waals surface area contributed by atoms with Crippen molar-refractivity contribution in [2.24, 2.45) is 5.92 Å². The highest BCUT2D eigenvalue weighted by molar-refractivity contribution is 6.31. The zero-order valence-electron chi connectivity index (χ0n) is 18.5. The number of hydrogen-bond acceptors (Lipinski definition) is 4. The summed E-state index contributed by atoms with van der Waals surface area (Å²) < 4.78 is 34.5. The molecule has 0 heterocycles. The molecule has 0 unspecified atom stereocenters. The van der Waals surface area contributed by atoms with Gasteiger partial charge in [0.25, 0.3) is 11.8 Å². The van der Waals surface area contributed by atoms with E-state index in [9.17, 15) is 23.2 Å². The largest absolute Gasteiger partial charge is 0.487 e. The molecular weight excluding hydrogens is 470 g/mol. The van der Waals surface area contributed by atoms with Crippen LogP contribution in [0, 0.1) is 24.5 Å². The maximum atomic E-state index is 14.5. The number of halogens is 3. The maximum Gasteiger partial charge on any atom is 0.306 e. The van der Waals surface area contributed by atoms with E-state index in [2.05, 4.69) is 10.6 Å². The van der Waals surface area contributed by atoms with E-state index < -0.39 is 41.1 Å². The first-order valence-electron chi connectivity index (χ1n) is 10.9. The van der Waals surface area contributed by atoms with Gasteiger partial charge in [0.05, 0.1) is 17.6 Å². The van der Waals surface area contributed by atoms with Crippen molar-refractivity contribution in [1.29, 1.82) is 0 Å². The molecule has 2 amide bonds. The van der Waals surface area contributed by atoms with Crippen molar-refractivity contribution in [2.45, 2.75) is 38.7 Å². The highest BCUT2D eigenvalue weighted by Crippen LogP contribution is 2.30. The van der Waals surface area contributed by atoms with Gasteiger partial charge in [0.2, 0.25) is 5.82 Å². The normalized spacial score (nSPS) is 17.6. The highest BCUT2D eigenvalue weighted by Gasteiger charge is 2.28. The molecule has 1 saturated carbocycles. The Morgan fingerprint density at radius 2 is 1.65 bits per heavy atom. The van der Waals surface area contributed by atoms with Crippen LogP contribution in [-0.2, 0) is 4.79 Å². The molecule has 0 atom stereocenters. The fourth-order valence-corrected chi connectivity index (χ4v) is 3.86. The van der Waals surface area contributed by atoms with E-state index in [0.29, 0.717) is 36.3 Å². The summed E-state index contributed by atoms with van der Waals surface area (Å²) in [5, 5.41) is 14.6. The standard InChI is InChI=1S/C24H25ClF2N2O5/c1-13-12-15(4-8-18(13)25)22(30)28-10-11-29-23(31)17-7-9-19(21(27)20(17)26)34-16-5-2-14(3-6-16)24(32)33/h4,7-9,12,14,16H,2-3,5-6,10-11H2,1H3,(H,28,30)(H,29,31)(H,32,33)/t14-,16+. The highest BCUT2D eigenvalue weighted by atomic mass is 35.5. The Morgan fingerprint density at radius 1 is 1.00 bits per heavy atom. The first-order valence-corrected chi connectivity index (χ1v) is 11.2. The molecule has 1 fully saturated rings. The predicted octanol–water partition coefficient (Wildman–Crippen LogP) is 4.11. The molecule has 0 aliphatic heterocycles. The van der Waals surface area contributed by atoms with E-state index in [1.165, 1.54) is 6.07 Å². The summed E-state index contributed by atoms with van der Waals surface area (Å²) in [6.45, 7) is 1.85. The number of aliphatic carboxylic acids is 1. The molecule has 1 aliphatic carbocycles. The average molecular weight is 495 g/mol. The molecule has 182 valence electrons. The number of carbonyl (C=O) groups excluding carboxylic acids is 2. The van der Waals surface area contributed by atoms with Crippen molar-refractivity contribution in [3.63, 3.8) is 0 Å². The van der Waals surface area contributed by atoms with Crippen molar-refractivity contribution in [1.82, 2.24) is 10.6 Å². The molecule has 1 aliphatic rings. The Kier molecular flexibility index (Phi) is 8.44. The molecule has 2 aromatic rings. The van der Waals surface area contributed by atoms with E-state index in [1.54, 1.807) is 25.1 Å². The number of benzene rings is 2. The van der Waals surface area contributed by atoms with Crippen LogP contribution in [0.2, 0.25) is 5.02 Å². The number of carboxylic acids is 1. The number of carboxylic acid groups (broad SMARTS) is 1. The van der Waals surface area contributed by atoms with Crippen LogP contribution >= 0.6 is 11.6 Å². The lowest BCUT2D eigenvalue weighted by Crippen LogP contribution is -2.35. The average Bonchev–Trinajstić information content (AvgIpc) is 2.81. The Balaban J connectivity index is 1.50. The van der Waals surface area contributed by atoms with E-state index >= 15 is 0 Å². The van der Waals surface area contributed by atoms with Gasteiger partial charge in [-0.1, -0.05) is 11.6 Å². The molecule has 10 heteroatoms. The molecule has 34 heavy (non-hydrogen) atoms. The van der Waals surface area contributed by atoms with Crippen LogP contribution in [0.15, 0.2) is 30.3 Å². The summed E-state index contributed by atoms with van der Waals surface area (Å²) in [4.78, 5) is 35.5. The van der Waals surface area contributed by atoms with Crippen molar-refractivity contribution < 1.29 is 33.0 Å². The van der Waals surface area contributed by atoms with E-state index in [-0.39, 0.29) is 24.7 Å². The molecule has 0 radical (unpaired) electrons. The van der Waals surface area contributed by atoms with Gasteiger partial charge in [-0.15, -0.1) is 0 Å². The van der Waals surface area contributed by atoms with Crippen molar-refractivity contribution >= 4 is 29.4 Å². The summed E-state index contributed by atoms with van der Waals surface area (Å²) in [7, 11) is 0. The van der Waals surface area contributed by atoms with Crippen LogP contribution in [0.5, 0.6) is 5.75 Å². The van der Waals surface area contributed by atoms with Gasteiger partial charge in [-0.3, -0.25) is 14.4 Å². The third-order valence-corrected chi connectivity index (χ3v) is 6.15. The second-order valence-corrected chi connectivity index (χ2v) is 8.55. The lowest BCUT2D eigenvalue weighted by molar-refractivity contribution is -0.143. The number of hydrogen-bond donors (Lipinski definition) is 3. The molecule has 2 aromatic carbocycles. The Labute approximate surface area is 200 Å². The molecule has 3 N–H and O–H groups in total. The van der Waals surface area contributed by atoms with Crippen LogP contribution in [-0.4, -0.2) is 42.1 Å². The Morgan fingerprint density at radius 3 is 2.26 bits per heavy atom. The molecule has 0 spiro atoms. The van der Waals surface area contributed by atoms with Gasteiger partial charge in [-0.2, -0.15) is 4.39 Å². The number of ether oxygens (including phenoxy) is 1. The van der Waals surface area contributed by atoms with Crippen LogP contribution in [0.3, 0.4) is 0 Å². The Hall–Kier alpha value is -3.20. The lowest BCUT2D eigenvalue weighted by atomic mass is 9.87. The summed E-state index contributed by atoms with van der Waals surface area (Å²) in [6, 6.07) is 7.13. The predicted molar refractivity (Wildman–Crippen MR) is 121 cm³/mol. The minimum atomic E-state index is -1.34. The quantitative estimate of drug-likeness (QED) is 0.479. The van der Waals surface area contributed by atoms with Gasteiger partial charge >= 0.3 is 5.97 Å². The van der Waals surface area contributed by atoms with Gasteiger partial charge in [0.15, 0.2) is 11.6 Å². The fraction of sp³-hybridized carbons (Fsp3) is 0.375. The first kappa shape index (κ1) is 25.4. The molecular formula is C24H25ClF2N2O5. The fourth-order valence-electron chi connectivity index (χ4n) is 3.74. The van der Waals surface area contributed by atoms with Crippen molar-refractivity contribution in [3.8, 4) is 5.75 Å². The van der Waals surface area contributed by atoms with Gasteiger partial charge in [-0.25, -0.2) is 4.39 Å². The van der Waals surface area contributed by atoms with Gasteiger partial charge in [0.1, 0.15) is 0 Å². The van der Waals surface area contributed by atoms with Crippen LogP contribution < -0.4 is 15.4 Å². The van der Waals surface area contributed by atoms with Gasteiger partial charge < -0.3 is 20.5 Å². The van der Waals surface area contributed by atoms with Crippen molar-refractivity contribution in [3.05, 3.63) is 63.7 Å². The van der Waals surface area contributed by atoms with Crippen LogP contribution in [0.4, 0.5) is 8.78 Å². The molecule has 7 nitrogen and oxygen atoms in total. The van der Waals surface area contributed by atoms with Gasteiger partial charge in [-0.05, 0) is 68.5 Å². The second-order valence-electron chi connectivity index (χ2n) is 8.14. The maximum absolute atomic E-state index is 14.5. The minimum Gasteiger partial charge on any atom is -0.487 e. The summed E-state index contributed by atoms with van der Waals surface area (Å²) >= 11 is 5.94. The zero-order chi connectivity index (χ0) is 24.8. The molecule has 0 saturated heterocycles. The lowest BCUT2D eigenvalue weighted by Gasteiger charge is -2.27. The smallest absolute Gasteiger partial charge is 0.306 e. The summed E-state index contributed by atoms with van der Waals surface area (Å²) in [5.41, 5.74) is 0.674. The second kappa shape index (κ2) is 11.3. The molecule has 0 bridgehead atoms. The zero-order valence-corrected chi connectivity index (χ0v) is 19.3. The minimum absolute atomic E-state index is 0.00325. The van der Waals surface area contributed by atoms with E-state index in [0.717, 1.165) is 11.6 Å². The first-order chi connectivity index (χ1) is 16.2. The number of nitrogens with one attached hydrogen (secondary N) is 2. The monoisotopic (exact) mass is 494 g/mol. The third kappa shape index (κ3) is 6.22. The number of amides is 2. The SMILES string of the molecule is Cc1cc(C(=O)NCCNC(=O)c2ccc(O[C@H]3CC[C@@H](C(=O)O)CC3)c(F)c2F)ccc1Cl. The summed E-state index contributed by atoms with van der Waals surface area (Å²) in [5.74, 6) is -5.45. The number of rotatable bonds is 8. The number of aryl methyl sites for hydroxylation is 1. The topological polar surface area (TPSA) is 105 Å². The van der Waals surface area contributed by atoms with E-state index in [4.69, 9.17) is 21.4 Å². The molecule has 3 rings (SSSR count). The Bertz CT molecular complexity index is 1090.